The predicted molar refractivity (Wildman–Crippen MR) is 159 cm³/mol. The van der Waals surface area contributed by atoms with Crippen molar-refractivity contribution in [1.82, 2.24) is 9.97 Å². The lowest BCUT2D eigenvalue weighted by Gasteiger charge is -2.15. The van der Waals surface area contributed by atoms with Crippen molar-refractivity contribution in [3.05, 3.63) is 152 Å². The first-order valence-corrected chi connectivity index (χ1v) is 13.5. The van der Waals surface area contributed by atoms with Gasteiger partial charge in [-0.25, -0.2) is 9.97 Å². The van der Waals surface area contributed by atoms with Crippen molar-refractivity contribution in [2.45, 2.75) is 19.3 Å². The fraction of sp³-hybridized carbons (Fsp3) is 0.0968. The highest BCUT2D eigenvalue weighted by Crippen LogP contribution is 2.31. The smallest absolute Gasteiger partial charge is 0.115 e. The highest BCUT2D eigenvalue weighted by Gasteiger charge is 2.15. The van der Waals surface area contributed by atoms with Crippen LogP contribution in [0.1, 0.15) is 28.4 Å². The van der Waals surface area contributed by atoms with Crippen LogP contribution in [0.15, 0.2) is 110 Å². The zero-order chi connectivity index (χ0) is 27.6. The molecule has 0 fully saturated rings. The van der Waals surface area contributed by atoms with Gasteiger partial charge < -0.3 is 9.84 Å². The van der Waals surface area contributed by atoms with E-state index in [0.29, 0.717) is 38.9 Å². The van der Waals surface area contributed by atoms with Crippen molar-refractivity contribution in [1.29, 1.82) is 0 Å². The van der Waals surface area contributed by atoms with Gasteiger partial charge in [-0.3, -0.25) is 0 Å². The average Bonchev–Trinajstić information content (AvgIpc) is 2.96. The molecule has 39 heavy (non-hydrogen) atoms. The number of hydrogen-bond acceptors (Lipinski definition) is 4. The number of aliphatic hydroxyl groups is 1. The van der Waals surface area contributed by atoms with Crippen molar-refractivity contribution >= 4 is 46.4 Å². The topological polar surface area (TPSA) is 55.2 Å². The molecule has 1 N–H and O–H groups in total. The van der Waals surface area contributed by atoms with E-state index >= 15 is 0 Å². The summed E-state index contributed by atoms with van der Waals surface area (Å²) in [6.07, 6.45) is 4.01. The number of hydrogen-bond donors (Lipinski definition) is 1. The fourth-order valence-electron chi connectivity index (χ4n) is 3.80. The van der Waals surface area contributed by atoms with Crippen LogP contribution >= 0.6 is 46.4 Å². The zero-order valence-electron chi connectivity index (χ0n) is 20.6. The third kappa shape index (κ3) is 8.26. The third-order valence-corrected chi connectivity index (χ3v) is 6.96. The van der Waals surface area contributed by atoms with Gasteiger partial charge in [0.25, 0.3) is 0 Å². The van der Waals surface area contributed by atoms with E-state index in [2.05, 4.69) is 9.97 Å². The summed E-state index contributed by atoms with van der Waals surface area (Å²) in [5.74, 6) is 0. The first kappa shape index (κ1) is 29.0. The lowest BCUT2D eigenvalue weighted by Crippen LogP contribution is -2.02. The SMILES string of the molecule is Clc1ccc(COCc2ccc(Cl)cc2Cl)c(Cl)c1.OC(c1cncnc1)c1ccccc1-c1ccccc1. The van der Waals surface area contributed by atoms with Crippen LogP contribution in [0.4, 0.5) is 0 Å². The average molecular weight is 598 g/mol. The normalized spacial score (nSPS) is 11.4. The summed E-state index contributed by atoms with van der Waals surface area (Å²) >= 11 is 23.8. The van der Waals surface area contributed by atoms with Gasteiger partial charge in [0.1, 0.15) is 12.4 Å². The highest BCUT2D eigenvalue weighted by atomic mass is 35.5. The molecule has 0 saturated heterocycles. The molecule has 1 atom stereocenters. The van der Waals surface area contributed by atoms with Gasteiger partial charge in [-0.1, -0.05) is 113 Å². The number of nitrogens with zero attached hydrogens (tertiary/aromatic N) is 2. The summed E-state index contributed by atoms with van der Waals surface area (Å²) in [6.45, 7) is 0.796. The van der Waals surface area contributed by atoms with Crippen LogP contribution in [0.2, 0.25) is 20.1 Å². The molecule has 0 aliphatic heterocycles. The van der Waals surface area contributed by atoms with Gasteiger partial charge in [-0.15, -0.1) is 0 Å². The summed E-state index contributed by atoms with van der Waals surface area (Å²) in [7, 11) is 0. The molecule has 1 aromatic heterocycles. The molecule has 8 heteroatoms. The van der Waals surface area contributed by atoms with Gasteiger partial charge in [0.2, 0.25) is 0 Å². The Morgan fingerprint density at radius 1 is 0.667 bits per heavy atom. The van der Waals surface area contributed by atoms with Crippen molar-refractivity contribution in [3.63, 3.8) is 0 Å². The Balaban J connectivity index is 0.000000181. The first-order chi connectivity index (χ1) is 18.9. The maximum atomic E-state index is 10.6. The van der Waals surface area contributed by atoms with Crippen molar-refractivity contribution in [3.8, 4) is 11.1 Å². The van der Waals surface area contributed by atoms with E-state index in [4.69, 9.17) is 51.1 Å². The van der Waals surface area contributed by atoms with Gasteiger partial charge in [0.15, 0.2) is 0 Å². The zero-order valence-corrected chi connectivity index (χ0v) is 23.7. The van der Waals surface area contributed by atoms with Crippen molar-refractivity contribution in [2.24, 2.45) is 0 Å². The van der Waals surface area contributed by atoms with Crippen LogP contribution in [-0.4, -0.2) is 15.1 Å². The van der Waals surface area contributed by atoms with Crippen LogP contribution in [-0.2, 0) is 18.0 Å². The number of benzene rings is 4. The highest BCUT2D eigenvalue weighted by molar-refractivity contribution is 6.35. The Hall–Kier alpha value is -2.96. The number of aliphatic hydroxyl groups excluding tert-OH is 1. The molecule has 0 radical (unpaired) electrons. The van der Waals surface area contributed by atoms with Gasteiger partial charge >= 0.3 is 0 Å². The largest absolute Gasteiger partial charge is 0.384 e. The van der Waals surface area contributed by atoms with Gasteiger partial charge in [-0.2, -0.15) is 0 Å². The second-order valence-corrected chi connectivity index (χ2v) is 10.2. The van der Waals surface area contributed by atoms with Crippen LogP contribution in [0.3, 0.4) is 0 Å². The molecule has 5 aromatic rings. The second kappa shape index (κ2) is 14.4. The summed E-state index contributed by atoms with van der Waals surface area (Å²) in [6, 6.07) is 28.5. The van der Waals surface area contributed by atoms with Crippen molar-refractivity contribution in [2.75, 3.05) is 0 Å². The van der Waals surface area contributed by atoms with E-state index < -0.39 is 6.10 Å². The molecule has 0 aliphatic carbocycles. The molecule has 5 rings (SSSR count). The number of ether oxygens (including phenoxy) is 1. The fourth-order valence-corrected chi connectivity index (χ4v) is 4.72. The Kier molecular flexibility index (Phi) is 10.7. The molecular weight excluding hydrogens is 574 g/mol. The van der Waals surface area contributed by atoms with Crippen LogP contribution in [0.25, 0.3) is 11.1 Å². The number of halogens is 4. The van der Waals surface area contributed by atoms with Gasteiger partial charge in [0, 0.05) is 38.0 Å². The van der Waals surface area contributed by atoms with E-state index in [1.807, 2.05) is 66.7 Å². The number of rotatable bonds is 7. The minimum atomic E-state index is -0.729. The molecule has 4 aromatic carbocycles. The molecule has 1 heterocycles. The van der Waals surface area contributed by atoms with Crippen LogP contribution < -0.4 is 0 Å². The predicted octanol–water partition coefficient (Wildman–Crippen LogP) is 9.24. The molecule has 0 spiro atoms. The first-order valence-electron chi connectivity index (χ1n) is 12.0. The Morgan fingerprint density at radius 2 is 1.21 bits per heavy atom. The minimum absolute atomic E-state index is 0.398. The van der Waals surface area contributed by atoms with E-state index in [0.717, 1.165) is 27.8 Å². The molecule has 4 nitrogen and oxygen atoms in total. The molecular formula is C31H24Cl4N2O2. The van der Waals surface area contributed by atoms with Gasteiger partial charge in [0.05, 0.1) is 13.2 Å². The lowest BCUT2D eigenvalue weighted by molar-refractivity contribution is 0.107. The molecule has 1 unspecified atom stereocenters. The maximum absolute atomic E-state index is 10.6. The lowest BCUT2D eigenvalue weighted by atomic mass is 9.94. The Bertz CT molecular complexity index is 1450. The van der Waals surface area contributed by atoms with E-state index in [1.54, 1.807) is 36.7 Å². The molecule has 0 aliphatic rings. The number of aromatic nitrogens is 2. The molecule has 0 amide bonds. The van der Waals surface area contributed by atoms with Crippen molar-refractivity contribution < 1.29 is 9.84 Å². The van der Waals surface area contributed by atoms with Crippen LogP contribution in [0.5, 0.6) is 0 Å². The Labute approximate surface area is 247 Å². The Morgan fingerprint density at radius 3 is 1.77 bits per heavy atom. The second-order valence-electron chi connectivity index (χ2n) is 8.49. The summed E-state index contributed by atoms with van der Waals surface area (Å²) in [5.41, 5.74) is 5.42. The standard InChI is InChI=1S/C17H14N2O.C14H10Cl4O/c20-17(14-10-18-12-19-11-14)16-9-5-4-8-15(16)13-6-2-1-3-7-13;15-11-3-1-9(13(17)5-11)7-19-8-10-2-4-12(16)6-14(10)18/h1-12,17,20H;1-6H,7-8H2. The van der Waals surface area contributed by atoms with Crippen LogP contribution in [0, 0.1) is 0 Å². The summed E-state index contributed by atoms with van der Waals surface area (Å²) < 4.78 is 5.59. The van der Waals surface area contributed by atoms with E-state index in [-0.39, 0.29) is 0 Å². The molecule has 198 valence electrons. The van der Waals surface area contributed by atoms with Gasteiger partial charge in [-0.05, 0) is 52.1 Å². The monoisotopic (exact) mass is 596 g/mol. The minimum Gasteiger partial charge on any atom is -0.384 e. The summed E-state index contributed by atoms with van der Waals surface area (Å²) in [5, 5.41) is 13.0. The quantitative estimate of drug-likeness (QED) is 0.203. The van der Waals surface area contributed by atoms with E-state index in [9.17, 15) is 5.11 Å². The molecule has 0 bridgehead atoms. The maximum Gasteiger partial charge on any atom is 0.115 e. The van der Waals surface area contributed by atoms with E-state index in [1.165, 1.54) is 6.33 Å². The molecule has 0 saturated carbocycles. The third-order valence-electron chi connectivity index (χ3n) is 5.78. The summed E-state index contributed by atoms with van der Waals surface area (Å²) in [4.78, 5) is 7.93.